The van der Waals surface area contributed by atoms with Gasteiger partial charge in [-0.05, 0) is 76.3 Å². The van der Waals surface area contributed by atoms with Gasteiger partial charge in [-0.25, -0.2) is 16.8 Å². The number of carbonyl (C=O) groups is 2. The summed E-state index contributed by atoms with van der Waals surface area (Å²) in [4.78, 5) is 48.1. The Bertz CT molecular complexity index is 2030. The highest BCUT2D eigenvalue weighted by molar-refractivity contribution is 7.89. The number of hydrogen-bond acceptors (Lipinski definition) is 12. The standard InChI is InChI=1S/C60H102N4O12S2/c1-5-9-13-17-19-27-41-53(39-25-15-11-7-3)59(65)75-51-37-23-21-33-47-61(77(71,72)57-45-31-29-43-55(57)63(67)68)49-35-36-50-62(78(73,74)58-46-32-30-44-56(58)64(69)70)48-34-22-24-38-52-76-60(66)54(40-26-16-12-8-4)42-28-20-18-14-10-6-2/h29-32,43-46,53-54H,5-28,33-42,47-52H2,1-4H3. The number of hydrogen-bond donors (Lipinski definition) is 0. The Morgan fingerprint density at radius 3 is 0.987 bits per heavy atom. The minimum Gasteiger partial charge on any atom is -0.465 e. The molecule has 0 spiro atoms. The van der Waals surface area contributed by atoms with Crippen molar-refractivity contribution in [1.29, 1.82) is 0 Å². The van der Waals surface area contributed by atoms with Gasteiger partial charge in [0.15, 0.2) is 9.79 Å². The molecule has 0 aliphatic heterocycles. The topological polar surface area (TPSA) is 214 Å². The maximum atomic E-state index is 14.2. The van der Waals surface area contributed by atoms with Crippen molar-refractivity contribution in [2.24, 2.45) is 11.8 Å². The molecule has 18 heteroatoms. The van der Waals surface area contributed by atoms with Crippen molar-refractivity contribution >= 4 is 43.4 Å². The summed E-state index contributed by atoms with van der Waals surface area (Å²) in [6, 6.07) is 10.4. The summed E-state index contributed by atoms with van der Waals surface area (Å²) in [7, 11) is -8.75. The quantitative estimate of drug-likeness (QED) is 0.0262. The van der Waals surface area contributed by atoms with Gasteiger partial charge in [-0.2, -0.15) is 8.61 Å². The number of benzene rings is 2. The van der Waals surface area contributed by atoms with Crippen LogP contribution in [0.25, 0.3) is 0 Å². The summed E-state index contributed by atoms with van der Waals surface area (Å²) >= 11 is 0. The fraction of sp³-hybridized carbons (Fsp3) is 0.767. The minimum absolute atomic E-state index is 0.0541. The van der Waals surface area contributed by atoms with Gasteiger partial charge in [-0.3, -0.25) is 29.8 Å². The van der Waals surface area contributed by atoms with Crippen LogP contribution in [0.5, 0.6) is 0 Å². The van der Waals surface area contributed by atoms with Crippen LogP contribution in [0, 0.1) is 32.1 Å². The largest absolute Gasteiger partial charge is 0.465 e. The van der Waals surface area contributed by atoms with Gasteiger partial charge in [0, 0.05) is 38.3 Å². The van der Waals surface area contributed by atoms with E-state index in [9.17, 15) is 46.7 Å². The molecule has 0 N–H and O–H groups in total. The van der Waals surface area contributed by atoms with Gasteiger partial charge in [0.2, 0.25) is 20.0 Å². The normalized spacial score (nSPS) is 12.7. The lowest BCUT2D eigenvalue weighted by molar-refractivity contribution is -0.388. The predicted molar refractivity (Wildman–Crippen MR) is 312 cm³/mol. The summed E-state index contributed by atoms with van der Waals surface area (Å²) < 4.78 is 70.9. The van der Waals surface area contributed by atoms with Gasteiger partial charge in [-0.1, -0.05) is 206 Å². The SMILES string of the molecule is CCCCCCCCC(CCCCCC)C(=O)OCCCCCCN(CCCCN(CCCCCCOC(=O)C(CCCCCC)CCCCCCCC)S(=O)(=O)c1ccccc1[N+](=O)[O-])S(=O)(=O)c1ccccc1[N+](=O)[O-]. The average molecular weight is 1140 g/mol. The number of nitro benzene ring substituents is 2. The monoisotopic (exact) mass is 1130 g/mol. The van der Waals surface area contributed by atoms with E-state index < -0.39 is 51.1 Å². The molecule has 2 rings (SSSR count). The molecule has 0 saturated carbocycles. The molecule has 0 aliphatic rings. The number of unbranched alkanes of at least 4 members (excludes halogenated alkanes) is 23. The lowest BCUT2D eigenvalue weighted by atomic mass is 9.94. The van der Waals surface area contributed by atoms with E-state index in [4.69, 9.17) is 9.47 Å². The Kier molecular flexibility index (Phi) is 38.5. The summed E-state index contributed by atoms with van der Waals surface area (Å²) in [5.74, 6) is -0.482. The lowest BCUT2D eigenvalue weighted by Gasteiger charge is -2.24. The Morgan fingerprint density at radius 1 is 0.410 bits per heavy atom. The summed E-state index contributed by atoms with van der Waals surface area (Å²) in [5.41, 5.74) is -1.09. The zero-order valence-corrected chi connectivity index (χ0v) is 50.2. The van der Waals surface area contributed by atoms with Gasteiger partial charge < -0.3 is 9.47 Å². The number of rotatable bonds is 51. The molecule has 0 bridgehead atoms. The van der Waals surface area contributed by atoms with Crippen molar-refractivity contribution < 1.29 is 45.7 Å². The Balaban J connectivity index is 2.10. The molecular weight excluding hydrogens is 1030 g/mol. The first kappa shape index (κ1) is 70.1. The van der Waals surface area contributed by atoms with Crippen LogP contribution in [-0.4, -0.2) is 86.6 Å². The van der Waals surface area contributed by atoms with Crippen LogP contribution in [-0.2, 0) is 39.1 Å². The average Bonchev–Trinajstić information content (AvgIpc) is 3.43. The summed E-state index contributed by atoms with van der Waals surface area (Å²) in [6.45, 7) is 9.29. The van der Waals surface area contributed by atoms with Gasteiger partial charge in [0.25, 0.3) is 11.4 Å². The Morgan fingerprint density at radius 2 is 0.667 bits per heavy atom. The third kappa shape index (κ3) is 28.4. The molecule has 2 aromatic carbocycles. The third-order valence-corrected chi connectivity index (χ3v) is 18.7. The maximum Gasteiger partial charge on any atom is 0.308 e. The molecule has 78 heavy (non-hydrogen) atoms. The van der Waals surface area contributed by atoms with Crippen LogP contribution in [0.3, 0.4) is 0 Å². The molecule has 0 aromatic heterocycles. The number of carbonyl (C=O) groups excluding carboxylic acids is 2. The molecule has 0 fully saturated rings. The highest BCUT2D eigenvalue weighted by atomic mass is 32.2. The van der Waals surface area contributed by atoms with Gasteiger partial charge in [0.05, 0.1) is 34.9 Å². The number of ether oxygens (including phenoxy) is 2. The van der Waals surface area contributed by atoms with Crippen molar-refractivity contribution in [3.8, 4) is 0 Å². The molecule has 2 atom stereocenters. The van der Waals surface area contributed by atoms with E-state index in [-0.39, 0.29) is 76.0 Å². The molecule has 2 aromatic rings. The van der Waals surface area contributed by atoms with E-state index in [1.165, 1.54) is 96.4 Å². The second-order valence-corrected chi connectivity index (χ2v) is 25.1. The molecular formula is C60H102N4O12S2. The van der Waals surface area contributed by atoms with Crippen LogP contribution in [0.15, 0.2) is 58.3 Å². The first-order valence-electron chi connectivity index (χ1n) is 30.5. The third-order valence-electron chi connectivity index (χ3n) is 14.8. The van der Waals surface area contributed by atoms with Crippen LogP contribution >= 0.6 is 0 Å². The van der Waals surface area contributed by atoms with E-state index in [1.807, 2.05) is 0 Å². The number of sulfonamides is 2. The van der Waals surface area contributed by atoms with Crippen LogP contribution in [0.1, 0.15) is 246 Å². The van der Waals surface area contributed by atoms with Crippen LogP contribution in [0.4, 0.5) is 11.4 Å². The number of nitrogens with zero attached hydrogens (tertiary/aromatic N) is 4. The lowest BCUT2D eigenvalue weighted by Crippen LogP contribution is -2.35. The zero-order chi connectivity index (χ0) is 57.3. The molecule has 0 radical (unpaired) electrons. The minimum atomic E-state index is -4.38. The fourth-order valence-electron chi connectivity index (χ4n) is 10.0. The highest BCUT2D eigenvalue weighted by Gasteiger charge is 2.33. The fourth-order valence-corrected chi connectivity index (χ4v) is 13.4. The molecule has 2 unspecified atom stereocenters. The molecule has 0 heterocycles. The second kappa shape index (κ2) is 42.8. The Hall–Kier alpha value is -4.00. The van der Waals surface area contributed by atoms with Crippen molar-refractivity contribution in [3.05, 3.63) is 68.8 Å². The van der Waals surface area contributed by atoms with Crippen molar-refractivity contribution in [2.75, 3.05) is 39.4 Å². The van der Waals surface area contributed by atoms with Gasteiger partial charge in [-0.15, -0.1) is 0 Å². The predicted octanol–water partition coefficient (Wildman–Crippen LogP) is 15.8. The van der Waals surface area contributed by atoms with Gasteiger partial charge >= 0.3 is 11.9 Å². The number of para-hydroxylation sites is 2. The van der Waals surface area contributed by atoms with Crippen molar-refractivity contribution in [2.45, 2.75) is 256 Å². The van der Waals surface area contributed by atoms with Crippen molar-refractivity contribution in [1.82, 2.24) is 8.61 Å². The first-order chi connectivity index (χ1) is 37.7. The van der Waals surface area contributed by atoms with Gasteiger partial charge in [0.1, 0.15) is 0 Å². The van der Waals surface area contributed by atoms with E-state index in [2.05, 4.69) is 27.7 Å². The smallest absolute Gasteiger partial charge is 0.308 e. The molecule has 16 nitrogen and oxygen atoms in total. The second-order valence-electron chi connectivity index (χ2n) is 21.3. The molecule has 0 aliphatic carbocycles. The summed E-state index contributed by atoms with van der Waals surface area (Å²) in [5, 5.41) is 24.0. The summed E-state index contributed by atoms with van der Waals surface area (Å²) in [6.07, 6.45) is 31.1. The van der Waals surface area contributed by atoms with E-state index in [0.717, 1.165) is 115 Å². The Labute approximate surface area is 471 Å². The maximum absolute atomic E-state index is 14.2. The van der Waals surface area contributed by atoms with Crippen LogP contribution in [0.2, 0.25) is 0 Å². The number of nitro groups is 2. The van der Waals surface area contributed by atoms with E-state index >= 15 is 0 Å². The van der Waals surface area contributed by atoms with Crippen LogP contribution < -0.4 is 0 Å². The molecule has 0 amide bonds. The van der Waals surface area contributed by atoms with Crippen molar-refractivity contribution in [3.63, 3.8) is 0 Å². The first-order valence-corrected chi connectivity index (χ1v) is 33.3. The molecule has 0 saturated heterocycles. The molecule has 446 valence electrons. The number of esters is 2. The zero-order valence-electron chi connectivity index (χ0n) is 48.6. The highest BCUT2D eigenvalue weighted by Crippen LogP contribution is 2.30. The van der Waals surface area contributed by atoms with E-state index in [0.29, 0.717) is 51.4 Å². The van der Waals surface area contributed by atoms with E-state index in [1.54, 1.807) is 0 Å².